The van der Waals surface area contributed by atoms with Crippen molar-refractivity contribution < 1.29 is 4.79 Å². The second kappa shape index (κ2) is 6.38. The maximum Gasteiger partial charge on any atom is 0.225 e. The lowest BCUT2D eigenvalue weighted by molar-refractivity contribution is -0.140. The fourth-order valence-electron chi connectivity index (χ4n) is 3.62. The highest BCUT2D eigenvalue weighted by Crippen LogP contribution is 2.39. The van der Waals surface area contributed by atoms with Crippen molar-refractivity contribution in [3.63, 3.8) is 0 Å². The van der Waals surface area contributed by atoms with Gasteiger partial charge in [0.15, 0.2) is 0 Å². The summed E-state index contributed by atoms with van der Waals surface area (Å²) in [5.41, 5.74) is 5.49. The number of nitrogens with two attached hydrogens (primary N) is 1. The van der Waals surface area contributed by atoms with E-state index in [2.05, 4.69) is 11.0 Å². The zero-order valence-corrected chi connectivity index (χ0v) is 11.8. The molecule has 0 radical (unpaired) electrons. The Morgan fingerprint density at radius 2 is 2.00 bits per heavy atom. The topological polar surface area (TPSA) is 70.1 Å². The molecule has 2 N–H and O–H groups in total. The van der Waals surface area contributed by atoms with Crippen LogP contribution in [0.5, 0.6) is 0 Å². The Labute approximate surface area is 115 Å². The van der Waals surface area contributed by atoms with Crippen molar-refractivity contribution >= 4 is 5.91 Å². The van der Waals surface area contributed by atoms with Crippen LogP contribution in [0.4, 0.5) is 0 Å². The molecule has 2 bridgehead atoms. The Morgan fingerprint density at radius 1 is 1.37 bits per heavy atom. The average Bonchev–Trinajstić information content (AvgIpc) is 2.68. The monoisotopic (exact) mass is 263 g/mol. The number of amides is 1. The van der Waals surface area contributed by atoms with Crippen LogP contribution in [0.15, 0.2) is 0 Å². The van der Waals surface area contributed by atoms with Gasteiger partial charge in [0.25, 0.3) is 0 Å². The lowest BCUT2D eigenvalue weighted by Crippen LogP contribution is -2.48. The lowest BCUT2D eigenvalue weighted by Gasteiger charge is -2.38. The number of fused-ring (bicyclic) bond motifs is 2. The average molecular weight is 263 g/mol. The second-order valence-corrected chi connectivity index (χ2v) is 6.11. The van der Waals surface area contributed by atoms with E-state index < -0.39 is 0 Å². The van der Waals surface area contributed by atoms with Gasteiger partial charge in [-0.1, -0.05) is 13.3 Å². The van der Waals surface area contributed by atoms with Gasteiger partial charge in [-0.15, -0.1) is 0 Å². The zero-order valence-electron chi connectivity index (χ0n) is 11.8. The molecule has 0 spiro atoms. The number of hydrogen-bond acceptors (Lipinski definition) is 3. The summed E-state index contributed by atoms with van der Waals surface area (Å²) < 4.78 is 0. The van der Waals surface area contributed by atoms with Crippen LogP contribution in [-0.2, 0) is 4.79 Å². The minimum absolute atomic E-state index is 0.105. The fourth-order valence-corrected chi connectivity index (χ4v) is 3.62. The Balaban J connectivity index is 1.92. The van der Waals surface area contributed by atoms with Crippen molar-refractivity contribution in [2.45, 2.75) is 64.0 Å². The molecular formula is C15H25N3O. The van der Waals surface area contributed by atoms with Crippen LogP contribution in [0.1, 0.15) is 51.9 Å². The van der Waals surface area contributed by atoms with Crippen LogP contribution >= 0.6 is 0 Å². The number of hydrogen-bond donors (Lipinski definition) is 1. The third kappa shape index (κ3) is 3.09. The smallest absolute Gasteiger partial charge is 0.225 e. The molecule has 2 saturated heterocycles. The number of unbranched alkanes of at least 4 members (excludes halogenated alkanes) is 1. The van der Waals surface area contributed by atoms with E-state index in [9.17, 15) is 4.79 Å². The first-order valence-corrected chi connectivity index (χ1v) is 7.59. The summed E-state index contributed by atoms with van der Waals surface area (Å²) in [5.74, 6) is 0.572. The molecule has 4 nitrogen and oxygen atoms in total. The fraction of sp³-hybridized carbons (Fsp3) is 0.867. The van der Waals surface area contributed by atoms with E-state index in [1.54, 1.807) is 0 Å². The van der Waals surface area contributed by atoms with E-state index in [0.717, 1.165) is 44.9 Å². The Kier molecular flexibility index (Phi) is 4.81. The van der Waals surface area contributed by atoms with Gasteiger partial charge in [0, 0.05) is 18.0 Å². The van der Waals surface area contributed by atoms with Gasteiger partial charge in [-0.25, -0.2) is 0 Å². The second-order valence-electron chi connectivity index (χ2n) is 6.11. The molecule has 0 aliphatic carbocycles. The van der Waals surface area contributed by atoms with Crippen molar-refractivity contribution in [1.82, 2.24) is 4.90 Å². The molecule has 0 aromatic carbocycles. The molecule has 2 rings (SSSR count). The molecule has 19 heavy (non-hydrogen) atoms. The molecule has 2 heterocycles. The summed E-state index contributed by atoms with van der Waals surface area (Å²) in [5, 5.41) is 9.07. The van der Waals surface area contributed by atoms with Crippen LogP contribution in [0.25, 0.3) is 0 Å². The maximum atomic E-state index is 12.6. The van der Waals surface area contributed by atoms with E-state index in [1.807, 2.05) is 6.92 Å². The summed E-state index contributed by atoms with van der Waals surface area (Å²) >= 11 is 0. The number of nitrogens with zero attached hydrogens (tertiary/aromatic N) is 2. The molecule has 2 aliphatic heterocycles. The first-order chi connectivity index (χ1) is 9.17. The Bertz CT molecular complexity index is 349. The van der Waals surface area contributed by atoms with Gasteiger partial charge in [0.1, 0.15) is 0 Å². The minimum Gasteiger partial charge on any atom is -0.336 e. The Hall–Kier alpha value is -1.08. The summed E-state index contributed by atoms with van der Waals surface area (Å²) in [4.78, 5) is 14.7. The van der Waals surface area contributed by atoms with Crippen LogP contribution < -0.4 is 5.73 Å². The maximum absolute atomic E-state index is 12.6. The number of rotatable bonds is 5. The van der Waals surface area contributed by atoms with Gasteiger partial charge >= 0.3 is 0 Å². The van der Waals surface area contributed by atoms with Crippen LogP contribution in [-0.4, -0.2) is 29.4 Å². The third-order valence-electron chi connectivity index (χ3n) is 4.68. The lowest BCUT2D eigenvalue weighted by atomic mass is 9.90. The van der Waals surface area contributed by atoms with Gasteiger partial charge in [-0.2, -0.15) is 5.26 Å². The predicted molar refractivity (Wildman–Crippen MR) is 74.1 cm³/mol. The van der Waals surface area contributed by atoms with Crippen molar-refractivity contribution in [3.05, 3.63) is 0 Å². The van der Waals surface area contributed by atoms with Gasteiger partial charge in [0.05, 0.1) is 12.0 Å². The summed E-state index contributed by atoms with van der Waals surface area (Å²) in [6.45, 7) is 2.74. The number of piperidine rings is 1. The number of carbonyl (C=O) groups excluding carboxylic acids is 1. The highest BCUT2D eigenvalue weighted by atomic mass is 16.2. The molecule has 3 unspecified atom stereocenters. The van der Waals surface area contributed by atoms with E-state index >= 15 is 0 Å². The van der Waals surface area contributed by atoms with Crippen LogP contribution in [0.3, 0.4) is 0 Å². The number of carbonyl (C=O) groups is 1. The third-order valence-corrected chi connectivity index (χ3v) is 4.68. The Morgan fingerprint density at radius 3 is 2.53 bits per heavy atom. The highest BCUT2D eigenvalue weighted by Gasteiger charge is 2.43. The molecule has 4 heteroatoms. The van der Waals surface area contributed by atoms with Crippen LogP contribution in [0.2, 0.25) is 0 Å². The molecule has 3 atom stereocenters. The SMILES string of the molecule is CC(CCCCN)C(=O)N1C2CCC1CC(C#N)C2. The molecular weight excluding hydrogens is 238 g/mol. The summed E-state index contributed by atoms with van der Waals surface area (Å²) in [6, 6.07) is 3.04. The van der Waals surface area contributed by atoms with Gasteiger partial charge < -0.3 is 10.6 Å². The number of nitriles is 1. The largest absolute Gasteiger partial charge is 0.336 e. The molecule has 0 aromatic rings. The van der Waals surface area contributed by atoms with Gasteiger partial charge in [-0.05, 0) is 45.1 Å². The summed E-state index contributed by atoms with van der Waals surface area (Å²) in [7, 11) is 0. The molecule has 2 aliphatic rings. The van der Waals surface area contributed by atoms with Crippen molar-refractivity contribution in [2.75, 3.05) is 6.54 Å². The predicted octanol–water partition coefficient (Wildman–Crippen LogP) is 2.04. The normalized spacial score (nSPS) is 31.0. The minimum atomic E-state index is 0.105. The molecule has 2 fully saturated rings. The van der Waals surface area contributed by atoms with Crippen LogP contribution in [0, 0.1) is 23.2 Å². The van der Waals surface area contributed by atoms with Gasteiger partial charge in [-0.3, -0.25) is 4.79 Å². The van der Waals surface area contributed by atoms with E-state index in [0.29, 0.717) is 24.5 Å². The van der Waals surface area contributed by atoms with E-state index in [4.69, 9.17) is 11.0 Å². The summed E-state index contributed by atoms with van der Waals surface area (Å²) in [6.07, 6.45) is 6.92. The zero-order chi connectivity index (χ0) is 13.8. The first-order valence-electron chi connectivity index (χ1n) is 7.59. The quantitative estimate of drug-likeness (QED) is 0.772. The molecule has 0 aromatic heterocycles. The standard InChI is InChI=1S/C15H25N3O/c1-11(4-2-3-7-16)15(19)18-13-5-6-14(18)9-12(8-13)10-17/h11-14H,2-9,16H2,1H3. The molecule has 0 saturated carbocycles. The highest BCUT2D eigenvalue weighted by molar-refractivity contribution is 5.79. The first kappa shape index (κ1) is 14.3. The molecule has 1 amide bonds. The van der Waals surface area contributed by atoms with Crippen molar-refractivity contribution in [1.29, 1.82) is 5.26 Å². The molecule has 106 valence electrons. The van der Waals surface area contributed by atoms with Crippen molar-refractivity contribution in [3.8, 4) is 6.07 Å². The van der Waals surface area contributed by atoms with E-state index in [-0.39, 0.29) is 11.8 Å². The van der Waals surface area contributed by atoms with Gasteiger partial charge in [0.2, 0.25) is 5.91 Å². The van der Waals surface area contributed by atoms with Crippen molar-refractivity contribution in [2.24, 2.45) is 17.6 Å². The van der Waals surface area contributed by atoms with E-state index in [1.165, 1.54) is 0 Å².